The molecule has 154 valence electrons. The first kappa shape index (κ1) is 19.7. The van der Waals surface area contributed by atoms with Crippen molar-refractivity contribution in [3.05, 3.63) is 36.2 Å². The lowest BCUT2D eigenvalue weighted by Crippen LogP contribution is -2.29. The van der Waals surface area contributed by atoms with Gasteiger partial charge in [-0.3, -0.25) is 9.78 Å². The third-order valence-electron chi connectivity index (χ3n) is 5.36. The first-order chi connectivity index (χ1) is 13.9. The molecule has 4 rings (SSSR count). The molecule has 0 radical (unpaired) electrons. The predicted molar refractivity (Wildman–Crippen MR) is 113 cm³/mol. The van der Waals surface area contributed by atoms with Crippen molar-refractivity contribution < 1.29 is 14.3 Å². The maximum Gasteiger partial charge on any atom is 0.221 e. The molecule has 1 fully saturated rings. The average Bonchev–Trinajstić information content (AvgIpc) is 3.49. The highest BCUT2D eigenvalue weighted by atomic mass is 16.5. The van der Waals surface area contributed by atoms with Crippen LogP contribution in [0.25, 0.3) is 11.1 Å². The molecule has 0 bridgehead atoms. The van der Waals surface area contributed by atoms with E-state index in [0.29, 0.717) is 18.4 Å². The second-order valence-corrected chi connectivity index (χ2v) is 8.57. The molecule has 1 aliphatic carbocycles. The number of hydrogen-bond acceptors (Lipinski definition) is 5. The molecule has 1 aromatic heterocycles. The molecule has 1 amide bonds. The van der Waals surface area contributed by atoms with Crippen LogP contribution in [0.3, 0.4) is 0 Å². The monoisotopic (exact) mass is 395 g/mol. The highest BCUT2D eigenvalue weighted by Crippen LogP contribution is 2.53. The number of aromatic nitrogens is 1. The molecular weight excluding hydrogens is 366 g/mol. The number of nitrogens with zero attached hydrogens (tertiary/aromatic N) is 1. The lowest BCUT2D eigenvalue weighted by atomic mass is 9.91. The Morgan fingerprint density at radius 2 is 2.14 bits per heavy atom. The summed E-state index contributed by atoms with van der Waals surface area (Å²) in [5.41, 5.74) is 9.86. The normalized spacial score (nSPS) is 18.4. The number of ether oxygens (including phenoxy) is 2. The third-order valence-corrected chi connectivity index (χ3v) is 5.36. The van der Waals surface area contributed by atoms with Crippen molar-refractivity contribution in [1.82, 2.24) is 4.98 Å². The molecule has 2 aliphatic rings. The van der Waals surface area contributed by atoms with Crippen LogP contribution >= 0.6 is 0 Å². The molecule has 1 unspecified atom stereocenters. The van der Waals surface area contributed by atoms with Crippen molar-refractivity contribution in [3.63, 3.8) is 0 Å². The highest BCUT2D eigenvalue weighted by molar-refractivity contribution is 5.96. The van der Waals surface area contributed by atoms with Gasteiger partial charge < -0.3 is 20.5 Å². The molecule has 6 nitrogen and oxygen atoms in total. The van der Waals surface area contributed by atoms with Gasteiger partial charge in [-0.05, 0) is 37.3 Å². The standard InChI is InChI=1S/C23H29N3O3/c1-13(2)8-16(24)12-28-17-6-7-18-21(9-17)29-23(15-4-5-15)19-10-25-11-20(22(18)19)26-14(3)27/h6-7,9-11,13,15-16,23H,4-5,8,12,24H2,1-3H3,(H,26,27)/t16-,23?/m0/s1. The van der Waals surface area contributed by atoms with Crippen LogP contribution in [0.2, 0.25) is 0 Å². The van der Waals surface area contributed by atoms with Crippen LogP contribution in [-0.2, 0) is 4.79 Å². The van der Waals surface area contributed by atoms with Crippen molar-refractivity contribution in [1.29, 1.82) is 0 Å². The predicted octanol–water partition coefficient (Wildman–Crippen LogP) is 4.30. The largest absolute Gasteiger partial charge is 0.492 e. The average molecular weight is 396 g/mol. The molecule has 1 saturated carbocycles. The van der Waals surface area contributed by atoms with Crippen LogP contribution in [0, 0.1) is 11.8 Å². The van der Waals surface area contributed by atoms with Gasteiger partial charge >= 0.3 is 0 Å². The van der Waals surface area contributed by atoms with Crippen LogP contribution < -0.4 is 20.5 Å². The maximum atomic E-state index is 11.7. The number of nitrogens with two attached hydrogens (primary N) is 1. The second kappa shape index (κ2) is 8.03. The topological polar surface area (TPSA) is 86.5 Å². The minimum atomic E-state index is -0.115. The fourth-order valence-corrected chi connectivity index (χ4v) is 4.00. The summed E-state index contributed by atoms with van der Waals surface area (Å²) in [6, 6.07) is 5.87. The van der Waals surface area contributed by atoms with E-state index in [1.807, 2.05) is 24.4 Å². The number of rotatable bonds is 7. The van der Waals surface area contributed by atoms with E-state index in [1.165, 1.54) is 6.92 Å². The van der Waals surface area contributed by atoms with Gasteiger partial charge in [-0.25, -0.2) is 0 Å². The summed E-state index contributed by atoms with van der Waals surface area (Å²) in [5, 5.41) is 2.92. The third kappa shape index (κ3) is 4.37. The first-order valence-corrected chi connectivity index (χ1v) is 10.4. The molecule has 6 heteroatoms. The van der Waals surface area contributed by atoms with E-state index in [-0.39, 0.29) is 18.1 Å². The van der Waals surface area contributed by atoms with Gasteiger partial charge in [-0.2, -0.15) is 0 Å². The molecule has 2 aromatic rings. The van der Waals surface area contributed by atoms with E-state index in [4.69, 9.17) is 15.2 Å². The van der Waals surface area contributed by atoms with E-state index in [9.17, 15) is 4.79 Å². The quantitative estimate of drug-likeness (QED) is 0.730. The number of benzene rings is 1. The number of hydrogen-bond donors (Lipinski definition) is 2. The fourth-order valence-electron chi connectivity index (χ4n) is 4.00. The fraction of sp³-hybridized carbons (Fsp3) is 0.478. The Hall–Kier alpha value is -2.60. The van der Waals surface area contributed by atoms with Crippen LogP contribution in [0.4, 0.5) is 5.69 Å². The van der Waals surface area contributed by atoms with Gasteiger partial charge in [0.25, 0.3) is 0 Å². The van der Waals surface area contributed by atoms with E-state index in [0.717, 1.165) is 53.1 Å². The summed E-state index contributed by atoms with van der Waals surface area (Å²) >= 11 is 0. The van der Waals surface area contributed by atoms with Gasteiger partial charge in [-0.1, -0.05) is 13.8 Å². The molecule has 1 aliphatic heterocycles. The Balaban J connectivity index is 1.65. The molecule has 2 heterocycles. The zero-order valence-electron chi connectivity index (χ0n) is 17.3. The SMILES string of the molecule is CC(=O)Nc1cncc2c1-c1ccc(OC[C@@H](N)CC(C)C)cc1OC2C1CC1. The van der Waals surface area contributed by atoms with Crippen LogP contribution in [0.5, 0.6) is 11.5 Å². The van der Waals surface area contributed by atoms with Crippen molar-refractivity contribution in [2.24, 2.45) is 17.6 Å². The summed E-state index contributed by atoms with van der Waals surface area (Å²) in [4.78, 5) is 16.1. The Labute approximate surface area is 171 Å². The lowest BCUT2D eigenvalue weighted by molar-refractivity contribution is -0.114. The van der Waals surface area contributed by atoms with Crippen molar-refractivity contribution in [2.75, 3.05) is 11.9 Å². The second-order valence-electron chi connectivity index (χ2n) is 8.57. The van der Waals surface area contributed by atoms with Gasteiger partial charge in [0, 0.05) is 47.8 Å². The Kier molecular flexibility index (Phi) is 5.46. The number of fused-ring (bicyclic) bond motifs is 3. The summed E-state index contributed by atoms with van der Waals surface area (Å²) in [6.45, 7) is 6.29. The maximum absolute atomic E-state index is 11.7. The van der Waals surface area contributed by atoms with E-state index in [1.54, 1.807) is 6.20 Å². The first-order valence-electron chi connectivity index (χ1n) is 10.4. The molecule has 2 atom stereocenters. The van der Waals surface area contributed by atoms with Gasteiger partial charge in [0.15, 0.2) is 0 Å². The molecular formula is C23H29N3O3. The summed E-state index contributed by atoms with van der Waals surface area (Å²) < 4.78 is 12.3. The number of carbonyl (C=O) groups is 1. The van der Waals surface area contributed by atoms with Crippen molar-refractivity contribution >= 4 is 11.6 Å². The Bertz CT molecular complexity index is 908. The number of nitrogens with one attached hydrogen (secondary N) is 1. The van der Waals surface area contributed by atoms with Crippen LogP contribution in [0.15, 0.2) is 30.6 Å². The molecule has 3 N–H and O–H groups in total. The molecule has 1 aromatic carbocycles. The van der Waals surface area contributed by atoms with E-state index in [2.05, 4.69) is 24.1 Å². The molecule has 0 saturated heterocycles. The minimum Gasteiger partial charge on any atom is -0.492 e. The zero-order valence-corrected chi connectivity index (χ0v) is 17.3. The number of anilines is 1. The van der Waals surface area contributed by atoms with E-state index < -0.39 is 0 Å². The summed E-state index contributed by atoms with van der Waals surface area (Å²) in [6.07, 6.45) is 6.73. The molecule has 29 heavy (non-hydrogen) atoms. The van der Waals surface area contributed by atoms with Crippen LogP contribution in [0.1, 0.15) is 51.7 Å². The van der Waals surface area contributed by atoms with Gasteiger partial charge in [0.05, 0.1) is 11.9 Å². The Morgan fingerprint density at radius 1 is 1.34 bits per heavy atom. The van der Waals surface area contributed by atoms with Crippen LogP contribution in [-0.4, -0.2) is 23.5 Å². The highest BCUT2D eigenvalue weighted by Gasteiger charge is 2.39. The number of pyridine rings is 1. The zero-order chi connectivity index (χ0) is 20.5. The summed E-state index contributed by atoms with van der Waals surface area (Å²) in [7, 11) is 0. The number of carbonyl (C=O) groups excluding carboxylic acids is 1. The van der Waals surface area contributed by atoms with Gasteiger partial charge in [0.2, 0.25) is 5.91 Å². The van der Waals surface area contributed by atoms with E-state index >= 15 is 0 Å². The molecule has 0 spiro atoms. The smallest absolute Gasteiger partial charge is 0.221 e. The summed E-state index contributed by atoms with van der Waals surface area (Å²) in [5.74, 6) is 2.44. The number of amides is 1. The Morgan fingerprint density at radius 3 is 2.83 bits per heavy atom. The van der Waals surface area contributed by atoms with Gasteiger partial charge in [0.1, 0.15) is 24.2 Å². The van der Waals surface area contributed by atoms with Gasteiger partial charge in [-0.15, -0.1) is 0 Å². The minimum absolute atomic E-state index is 0.00401. The van der Waals surface area contributed by atoms with Crippen molar-refractivity contribution in [3.8, 4) is 22.6 Å². The lowest BCUT2D eigenvalue weighted by Gasteiger charge is -2.30. The van der Waals surface area contributed by atoms with Crippen molar-refractivity contribution in [2.45, 2.75) is 52.2 Å².